The number of nitrogen functional groups attached to an aromatic ring is 1. The second kappa shape index (κ2) is 8.18. The van der Waals surface area contributed by atoms with Gasteiger partial charge < -0.3 is 10.5 Å². The second-order valence-electron chi connectivity index (χ2n) is 6.33. The fraction of sp³-hybridized carbons (Fsp3) is 0.100. The van der Waals surface area contributed by atoms with Crippen molar-refractivity contribution in [1.29, 1.82) is 0 Å². The van der Waals surface area contributed by atoms with E-state index in [1.807, 2.05) is 30.3 Å². The molecule has 0 fully saturated rings. The number of hydrogen-bond donors (Lipinski definition) is 1. The van der Waals surface area contributed by atoms with Crippen LogP contribution in [-0.2, 0) is 13.2 Å². The first kappa shape index (κ1) is 19.4. The minimum atomic E-state index is 0.0779. The molecule has 0 aliphatic rings. The first-order chi connectivity index (χ1) is 14.0. The van der Waals surface area contributed by atoms with Crippen molar-refractivity contribution in [2.75, 3.05) is 5.73 Å². The minimum Gasteiger partial charge on any atom is -0.488 e. The summed E-state index contributed by atoms with van der Waals surface area (Å²) in [6.45, 7) is 0.800. The number of halogens is 2. The first-order valence-electron chi connectivity index (χ1n) is 8.63. The number of nitrogens with two attached hydrogens (primary N) is 1. The summed E-state index contributed by atoms with van der Waals surface area (Å²) in [5.74, 6) is 0.978. The predicted molar refractivity (Wildman–Crippen MR) is 114 cm³/mol. The fourth-order valence-electron chi connectivity index (χ4n) is 2.91. The molecule has 0 amide bonds. The van der Waals surface area contributed by atoms with Gasteiger partial charge in [-0.1, -0.05) is 24.3 Å². The first-order valence-corrected chi connectivity index (χ1v) is 9.80. The van der Waals surface area contributed by atoms with Crippen molar-refractivity contribution in [3.8, 4) is 5.75 Å². The van der Waals surface area contributed by atoms with Crippen molar-refractivity contribution in [2.45, 2.75) is 13.2 Å². The molecule has 2 heterocycles. The molecule has 9 heteroatoms. The van der Waals surface area contributed by atoms with Crippen LogP contribution in [0.15, 0.2) is 53.1 Å². The zero-order valence-corrected chi connectivity index (χ0v) is 17.4. The molecule has 146 valence electrons. The average molecular weight is 473 g/mol. The molecule has 0 radical (unpaired) electrons. The van der Waals surface area contributed by atoms with Crippen LogP contribution < -0.4 is 10.5 Å². The molecular formula is C20H15BrClN5O2. The molecule has 2 N–H and O–H groups in total. The fourth-order valence-corrected chi connectivity index (χ4v) is 3.44. The Balaban J connectivity index is 1.56. The molecule has 4 rings (SSSR count). The highest BCUT2D eigenvalue weighted by Crippen LogP contribution is 2.28. The quantitative estimate of drug-likeness (QED) is 0.333. The van der Waals surface area contributed by atoms with Crippen LogP contribution in [0.2, 0.25) is 5.28 Å². The number of carbonyl (C=O) groups is 1. The van der Waals surface area contributed by atoms with Crippen LogP contribution >= 0.6 is 27.5 Å². The summed E-state index contributed by atoms with van der Waals surface area (Å²) in [5, 5.41) is 5.08. The summed E-state index contributed by atoms with van der Waals surface area (Å²) in [4.78, 5) is 19.1. The Hall–Kier alpha value is -2.97. The van der Waals surface area contributed by atoms with Crippen LogP contribution in [0.5, 0.6) is 5.75 Å². The molecule has 0 aliphatic carbocycles. The third-order valence-electron chi connectivity index (χ3n) is 4.31. The number of ether oxygens (including phenoxy) is 1. The molecule has 0 bridgehead atoms. The largest absolute Gasteiger partial charge is 0.488 e. The van der Waals surface area contributed by atoms with Crippen LogP contribution in [0.3, 0.4) is 0 Å². The molecule has 29 heavy (non-hydrogen) atoms. The normalized spacial score (nSPS) is 11.0. The SMILES string of the molecule is Nc1nc(Cl)nc2c1cnn2Cc1ccc(Br)c(OCc2cccc(C=O)c2)c1. The van der Waals surface area contributed by atoms with Gasteiger partial charge in [0.2, 0.25) is 5.28 Å². The molecule has 2 aromatic heterocycles. The summed E-state index contributed by atoms with van der Waals surface area (Å²) in [5.41, 5.74) is 8.94. The number of carbonyl (C=O) groups excluding carboxylic acids is 1. The van der Waals surface area contributed by atoms with Gasteiger partial charge in [0.25, 0.3) is 0 Å². The third kappa shape index (κ3) is 4.23. The number of hydrogen-bond acceptors (Lipinski definition) is 6. The maximum Gasteiger partial charge on any atom is 0.226 e. The summed E-state index contributed by atoms with van der Waals surface area (Å²) in [6.07, 6.45) is 2.44. The van der Waals surface area contributed by atoms with E-state index < -0.39 is 0 Å². The Kier molecular flexibility index (Phi) is 5.46. The summed E-state index contributed by atoms with van der Waals surface area (Å²) in [6, 6.07) is 13.1. The predicted octanol–water partition coefficient (Wildman–Crippen LogP) is 4.26. The summed E-state index contributed by atoms with van der Waals surface area (Å²) in [7, 11) is 0. The monoisotopic (exact) mass is 471 g/mol. The lowest BCUT2D eigenvalue weighted by Crippen LogP contribution is -2.04. The number of aromatic nitrogens is 4. The zero-order valence-electron chi connectivity index (χ0n) is 15.0. The molecule has 2 aromatic carbocycles. The van der Waals surface area contributed by atoms with Crippen LogP contribution in [0, 0.1) is 0 Å². The van der Waals surface area contributed by atoms with Gasteiger partial charge in [0, 0.05) is 5.56 Å². The van der Waals surface area contributed by atoms with Gasteiger partial charge in [-0.25, -0.2) is 9.67 Å². The van der Waals surface area contributed by atoms with E-state index in [0.29, 0.717) is 41.3 Å². The molecule has 0 spiro atoms. The Bertz CT molecular complexity index is 1210. The molecule has 0 saturated carbocycles. The number of anilines is 1. The highest BCUT2D eigenvalue weighted by Gasteiger charge is 2.12. The van der Waals surface area contributed by atoms with Crippen LogP contribution in [0.4, 0.5) is 5.82 Å². The van der Waals surface area contributed by atoms with Gasteiger partial charge in [0.05, 0.1) is 22.6 Å². The number of fused-ring (bicyclic) bond motifs is 1. The van der Waals surface area contributed by atoms with Crippen LogP contribution in [0.1, 0.15) is 21.5 Å². The smallest absolute Gasteiger partial charge is 0.226 e. The van der Waals surface area contributed by atoms with Gasteiger partial charge in [-0.15, -0.1) is 0 Å². The van der Waals surface area contributed by atoms with Crippen molar-refractivity contribution < 1.29 is 9.53 Å². The molecular weight excluding hydrogens is 458 g/mol. The number of benzene rings is 2. The van der Waals surface area contributed by atoms with E-state index in [0.717, 1.165) is 21.9 Å². The van der Waals surface area contributed by atoms with E-state index in [-0.39, 0.29) is 5.28 Å². The Morgan fingerprint density at radius 3 is 2.86 bits per heavy atom. The van der Waals surface area contributed by atoms with Gasteiger partial charge in [-0.3, -0.25) is 4.79 Å². The van der Waals surface area contributed by atoms with Crippen molar-refractivity contribution >= 4 is 50.7 Å². The standard InChI is InChI=1S/C20H15BrClN5O2/c21-16-5-4-12(7-17(16)29-11-14-3-1-2-13(6-14)10-28)9-27-19-15(8-24-27)18(23)25-20(22)26-19/h1-8,10H,9,11H2,(H2,23,25,26). The van der Waals surface area contributed by atoms with E-state index in [4.69, 9.17) is 22.1 Å². The summed E-state index contributed by atoms with van der Waals surface area (Å²) < 4.78 is 8.48. The molecule has 0 aliphatic heterocycles. The van der Waals surface area contributed by atoms with E-state index in [1.54, 1.807) is 23.0 Å². The highest BCUT2D eigenvalue weighted by atomic mass is 79.9. The molecule has 7 nitrogen and oxygen atoms in total. The van der Waals surface area contributed by atoms with E-state index in [9.17, 15) is 4.79 Å². The van der Waals surface area contributed by atoms with Gasteiger partial charge in [-0.05, 0) is 56.9 Å². The van der Waals surface area contributed by atoms with Crippen molar-refractivity contribution in [3.63, 3.8) is 0 Å². The lowest BCUT2D eigenvalue weighted by atomic mass is 10.1. The third-order valence-corrected chi connectivity index (χ3v) is 5.13. The molecule has 0 unspecified atom stereocenters. The van der Waals surface area contributed by atoms with Gasteiger partial charge >= 0.3 is 0 Å². The van der Waals surface area contributed by atoms with Crippen molar-refractivity contribution in [3.05, 3.63) is 75.1 Å². The van der Waals surface area contributed by atoms with Gasteiger partial charge in [0.15, 0.2) is 5.65 Å². The lowest BCUT2D eigenvalue weighted by Gasteiger charge is -2.11. The van der Waals surface area contributed by atoms with Crippen molar-refractivity contribution in [1.82, 2.24) is 19.7 Å². The van der Waals surface area contributed by atoms with Crippen LogP contribution in [0.25, 0.3) is 11.0 Å². The zero-order chi connectivity index (χ0) is 20.4. The number of aldehydes is 1. The Morgan fingerprint density at radius 2 is 2.03 bits per heavy atom. The second-order valence-corrected chi connectivity index (χ2v) is 7.53. The molecule has 0 saturated heterocycles. The van der Waals surface area contributed by atoms with Gasteiger partial charge in [-0.2, -0.15) is 10.1 Å². The summed E-state index contributed by atoms with van der Waals surface area (Å²) >= 11 is 9.44. The maximum absolute atomic E-state index is 10.9. The number of rotatable bonds is 6. The van der Waals surface area contributed by atoms with E-state index in [1.165, 1.54) is 0 Å². The minimum absolute atomic E-state index is 0.0779. The van der Waals surface area contributed by atoms with Crippen molar-refractivity contribution in [2.24, 2.45) is 0 Å². The Morgan fingerprint density at radius 1 is 1.17 bits per heavy atom. The van der Waals surface area contributed by atoms with Crippen LogP contribution in [-0.4, -0.2) is 26.0 Å². The number of nitrogens with zero attached hydrogens (tertiary/aromatic N) is 4. The average Bonchev–Trinajstić information content (AvgIpc) is 3.11. The molecule has 0 atom stereocenters. The molecule has 4 aromatic rings. The van der Waals surface area contributed by atoms with Gasteiger partial charge in [0.1, 0.15) is 24.5 Å². The van der Waals surface area contributed by atoms with E-state index in [2.05, 4.69) is 31.0 Å². The lowest BCUT2D eigenvalue weighted by molar-refractivity contribution is 0.112. The maximum atomic E-state index is 10.9. The Labute approximate surface area is 179 Å². The topological polar surface area (TPSA) is 95.9 Å². The van der Waals surface area contributed by atoms with E-state index >= 15 is 0 Å². The highest BCUT2D eigenvalue weighted by molar-refractivity contribution is 9.10.